The third-order valence-corrected chi connectivity index (χ3v) is 3.73. The first-order chi connectivity index (χ1) is 10.1. The molecule has 0 radical (unpaired) electrons. The first kappa shape index (κ1) is 14.3. The normalized spacial score (nSPS) is 18.8. The van der Waals surface area contributed by atoms with Gasteiger partial charge in [0.15, 0.2) is 0 Å². The fourth-order valence-corrected chi connectivity index (χ4v) is 2.74. The van der Waals surface area contributed by atoms with Crippen LogP contribution in [0.4, 0.5) is 13.2 Å². The number of hydrogen-bond acceptors (Lipinski definition) is 3. The summed E-state index contributed by atoms with van der Waals surface area (Å²) < 4.78 is 40.5. The molecule has 2 heterocycles. The molecule has 0 unspecified atom stereocenters. The first-order valence-corrected chi connectivity index (χ1v) is 6.93. The average molecular weight is 295 g/mol. The van der Waals surface area contributed by atoms with Gasteiger partial charge in [0.1, 0.15) is 6.04 Å². The van der Waals surface area contributed by atoms with Crippen LogP contribution in [0.15, 0.2) is 36.4 Å². The quantitative estimate of drug-likeness (QED) is 0.923. The predicted molar refractivity (Wildman–Crippen MR) is 75.0 cm³/mol. The number of piperazine rings is 1. The lowest BCUT2D eigenvalue weighted by Gasteiger charge is -2.35. The van der Waals surface area contributed by atoms with E-state index in [0.29, 0.717) is 31.7 Å². The highest BCUT2D eigenvalue weighted by atomic mass is 19.4. The maximum atomic E-state index is 13.5. The summed E-state index contributed by atoms with van der Waals surface area (Å²) in [5.41, 5.74) is 0.669. The van der Waals surface area contributed by atoms with Crippen molar-refractivity contribution in [2.24, 2.45) is 0 Å². The molecule has 1 saturated heterocycles. The third-order valence-electron chi connectivity index (χ3n) is 3.73. The van der Waals surface area contributed by atoms with Gasteiger partial charge in [0, 0.05) is 31.6 Å². The van der Waals surface area contributed by atoms with Crippen molar-refractivity contribution in [2.45, 2.75) is 12.2 Å². The number of halogens is 3. The van der Waals surface area contributed by atoms with Crippen molar-refractivity contribution in [1.29, 1.82) is 0 Å². The van der Waals surface area contributed by atoms with E-state index in [1.165, 1.54) is 11.0 Å². The molecule has 1 N–H and O–H groups in total. The van der Waals surface area contributed by atoms with Gasteiger partial charge in [-0.05, 0) is 12.1 Å². The van der Waals surface area contributed by atoms with Crippen molar-refractivity contribution in [3.8, 4) is 0 Å². The first-order valence-electron chi connectivity index (χ1n) is 6.93. The van der Waals surface area contributed by atoms with E-state index in [2.05, 4.69) is 10.3 Å². The largest absolute Gasteiger partial charge is 0.409 e. The molecular formula is C15H16F3N3. The maximum Gasteiger partial charge on any atom is 0.409 e. The highest BCUT2D eigenvalue weighted by Gasteiger charge is 2.45. The Hall–Kier alpha value is -1.66. The van der Waals surface area contributed by atoms with Crippen LogP contribution in [0.5, 0.6) is 0 Å². The molecule has 0 spiro atoms. The molecule has 1 aliphatic heterocycles. The van der Waals surface area contributed by atoms with Gasteiger partial charge < -0.3 is 5.32 Å². The van der Waals surface area contributed by atoms with E-state index in [9.17, 15) is 13.2 Å². The molecule has 1 aromatic heterocycles. The molecular weight excluding hydrogens is 279 g/mol. The molecule has 6 heteroatoms. The van der Waals surface area contributed by atoms with Gasteiger partial charge in [-0.1, -0.05) is 24.3 Å². The van der Waals surface area contributed by atoms with Crippen molar-refractivity contribution in [2.75, 3.05) is 26.2 Å². The lowest BCUT2D eigenvalue weighted by atomic mass is 10.1. The van der Waals surface area contributed by atoms with Crippen molar-refractivity contribution >= 4 is 10.9 Å². The second-order valence-electron chi connectivity index (χ2n) is 5.16. The van der Waals surface area contributed by atoms with Gasteiger partial charge in [0.05, 0.1) is 11.2 Å². The number of hydrogen-bond donors (Lipinski definition) is 1. The van der Waals surface area contributed by atoms with Gasteiger partial charge in [0.25, 0.3) is 0 Å². The molecule has 3 nitrogen and oxygen atoms in total. The smallest absolute Gasteiger partial charge is 0.314 e. The van der Waals surface area contributed by atoms with E-state index in [0.717, 1.165) is 5.39 Å². The van der Waals surface area contributed by atoms with Gasteiger partial charge >= 0.3 is 6.18 Å². The molecule has 0 aliphatic carbocycles. The second kappa shape index (κ2) is 5.61. The van der Waals surface area contributed by atoms with Crippen LogP contribution in [0, 0.1) is 0 Å². The van der Waals surface area contributed by atoms with Crippen molar-refractivity contribution in [3.63, 3.8) is 0 Å². The molecule has 3 rings (SSSR count). The highest BCUT2D eigenvalue weighted by Crippen LogP contribution is 2.37. The molecule has 0 amide bonds. The van der Waals surface area contributed by atoms with Gasteiger partial charge in [-0.25, -0.2) is 0 Å². The Bertz CT molecular complexity index is 621. The number of pyridine rings is 1. The number of aromatic nitrogens is 1. The number of alkyl halides is 3. The van der Waals surface area contributed by atoms with E-state index >= 15 is 0 Å². The summed E-state index contributed by atoms with van der Waals surface area (Å²) >= 11 is 0. The van der Waals surface area contributed by atoms with Crippen LogP contribution in [0.3, 0.4) is 0 Å². The van der Waals surface area contributed by atoms with Crippen molar-refractivity contribution in [3.05, 3.63) is 42.1 Å². The van der Waals surface area contributed by atoms with Crippen LogP contribution < -0.4 is 5.32 Å². The average Bonchev–Trinajstić information content (AvgIpc) is 2.47. The third kappa shape index (κ3) is 3.01. The molecule has 1 atom stereocenters. The Morgan fingerprint density at radius 1 is 1.05 bits per heavy atom. The second-order valence-corrected chi connectivity index (χ2v) is 5.16. The predicted octanol–water partition coefficient (Wildman–Crippen LogP) is 2.74. The standard InChI is InChI=1S/C15H16F3N3/c16-15(17,18)14(21-9-7-19-8-10-21)13-6-5-11-3-1-2-4-12(11)20-13/h1-6,14,19H,7-10H2/t14-/m0/s1. The van der Waals surface area contributed by atoms with Crippen molar-refractivity contribution < 1.29 is 13.2 Å². The summed E-state index contributed by atoms with van der Waals surface area (Å²) in [5, 5.41) is 3.92. The lowest BCUT2D eigenvalue weighted by molar-refractivity contribution is -0.188. The van der Waals surface area contributed by atoms with E-state index in [4.69, 9.17) is 0 Å². The zero-order valence-electron chi connectivity index (χ0n) is 11.4. The minimum atomic E-state index is -4.33. The van der Waals surface area contributed by atoms with Gasteiger partial charge in [-0.2, -0.15) is 13.2 Å². The summed E-state index contributed by atoms with van der Waals surface area (Å²) in [6.07, 6.45) is -4.33. The molecule has 2 aromatic rings. The van der Waals surface area contributed by atoms with E-state index < -0.39 is 12.2 Å². The summed E-state index contributed by atoms with van der Waals surface area (Å²) in [7, 11) is 0. The van der Waals surface area contributed by atoms with E-state index in [1.807, 2.05) is 12.1 Å². The molecule has 1 aliphatic rings. The van der Waals surface area contributed by atoms with Crippen LogP contribution in [-0.2, 0) is 0 Å². The number of nitrogens with one attached hydrogen (secondary N) is 1. The summed E-state index contributed by atoms with van der Waals surface area (Å²) in [6.45, 7) is 1.89. The van der Waals surface area contributed by atoms with Crippen LogP contribution in [0.2, 0.25) is 0 Å². The molecule has 0 saturated carbocycles. The fraction of sp³-hybridized carbons (Fsp3) is 0.400. The fourth-order valence-electron chi connectivity index (χ4n) is 2.74. The number of nitrogens with zero attached hydrogens (tertiary/aromatic N) is 2. The minimum absolute atomic E-state index is 0.0723. The van der Waals surface area contributed by atoms with Gasteiger partial charge in [-0.15, -0.1) is 0 Å². The topological polar surface area (TPSA) is 28.2 Å². The number of rotatable bonds is 2. The van der Waals surface area contributed by atoms with Gasteiger partial charge in [-0.3, -0.25) is 9.88 Å². The van der Waals surface area contributed by atoms with Crippen molar-refractivity contribution in [1.82, 2.24) is 15.2 Å². The summed E-state index contributed by atoms with van der Waals surface area (Å²) in [5.74, 6) is 0. The van der Waals surface area contributed by atoms with Crippen LogP contribution >= 0.6 is 0 Å². The Labute approximate surface area is 120 Å². The summed E-state index contributed by atoms with van der Waals surface area (Å²) in [4.78, 5) is 5.69. The molecule has 1 aromatic carbocycles. The molecule has 112 valence electrons. The van der Waals surface area contributed by atoms with Crippen LogP contribution in [0.1, 0.15) is 11.7 Å². The Kier molecular flexibility index (Phi) is 3.82. The Morgan fingerprint density at radius 3 is 2.48 bits per heavy atom. The van der Waals surface area contributed by atoms with E-state index in [-0.39, 0.29) is 5.69 Å². The highest BCUT2D eigenvalue weighted by molar-refractivity contribution is 5.78. The zero-order valence-corrected chi connectivity index (χ0v) is 11.4. The number of fused-ring (bicyclic) bond motifs is 1. The van der Waals surface area contributed by atoms with Gasteiger partial charge in [0.2, 0.25) is 0 Å². The Morgan fingerprint density at radius 2 is 1.76 bits per heavy atom. The Balaban J connectivity index is 2.01. The van der Waals surface area contributed by atoms with E-state index in [1.54, 1.807) is 18.2 Å². The van der Waals surface area contributed by atoms with Crippen LogP contribution in [-0.4, -0.2) is 42.2 Å². The molecule has 1 fully saturated rings. The number of benzene rings is 1. The van der Waals surface area contributed by atoms with Crippen LogP contribution in [0.25, 0.3) is 10.9 Å². The lowest BCUT2D eigenvalue weighted by Crippen LogP contribution is -2.49. The monoisotopic (exact) mass is 295 g/mol. The molecule has 0 bridgehead atoms. The maximum absolute atomic E-state index is 13.5. The number of para-hydroxylation sites is 1. The zero-order chi connectivity index (χ0) is 14.9. The molecule has 21 heavy (non-hydrogen) atoms. The summed E-state index contributed by atoms with van der Waals surface area (Å²) in [6, 6.07) is 8.78. The minimum Gasteiger partial charge on any atom is -0.314 e. The SMILES string of the molecule is FC(F)(F)[C@H](c1ccc2ccccc2n1)N1CCNCC1.